The summed E-state index contributed by atoms with van der Waals surface area (Å²) in [5, 5.41) is 3.07. The Morgan fingerprint density at radius 1 is 1.32 bits per heavy atom. The monoisotopic (exact) mass is 358 g/mol. The summed E-state index contributed by atoms with van der Waals surface area (Å²) >= 11 is 4.31. The highest BCUT2D eigenvalue weighted by atomic mass is 32.1. The van der Waals surface area contributed by atoms with Gasteiger partial charge in [0.2, 0.25) is 5.91 Å². The zero-order valence-electron chi connectivity index (χ0n) is 15.0. The highest BCUT2D eigenvalue weighted by Crippen LogP contribution is 2.34. The zero-order valence-corrected chi connectivity index (χ0v) is 15.9. The minimum Gasteiger partial charge on any atom is -0.331 e. The number of thiol groups is 1. The molecule has 0 radical (unpaired) electrons. The number of aromatic nitrogens is 2. The van der Waals surface area contributed by atoms with E-state index in [1.54, 1.807) is 0 Å². The van der Waals surface area contributed by atoms with Gasteiger partial charge in [-0.3, -0.25) is 4.79 Å². The van der Waals surface area contributed by atoms with Crippen LogP contribution in [0.15, 0.2) is 36.5 Å². The van der Waals surface area contributed by atoms with Gasteiger partial charge in [-0.25, -0.2) is 4.98 Å². The van der Waals surface area contributed by atoms with E-state index in [0.29, 0.717) is 12.3 Å². The topological polar surface area (TPSA) is 50.2 Å². The van der Waals surface area contributed by atoms with Crippen molar-refractivity contribution in [3.63, 3.8) is 0 Å². The SMILES string of the molecule is CN[C@@H](CS)C(=O)N1CCn2cc(-c3ccccc3)nc2[C@H]1C(C)C. The van der Waals surface area contributed by atoms with E-state index in [-0.39, 0.29) is 23.9 Å². The molecule has 134 valence electrons. The number of nitrogens with zero attached hydrogens (tertiary/aromatic N) is 3. The van der Waals surface area contributed by atoms with E-state index < -0.39 is 0 Å². The second kappa shape index (κ2) is 7.62. The van der Waals surface area contributed by atoms with Crippen LogP contribution < -0.4 is 5.32 Å². The molecular formula is C19H26N4OS. The van der Waals surface area contributed by atoms with Gasteiger partial charge in [-0.15, -0.1) is 0 Å². The number of hydrogen-bond donors (Lipinski definition) is 2. The molecule has 1 aromatic carbocycles. The van der Waals surface area contributed by atoms with Crippen LogP contribution in [0.25, 0.3) is 11.3 Å². The molecule has 2 heterocycles. The number of likely N-dealkylation sites (N-methyl/N-ethyl adjacent to an activating group) is 1. The predicted molar refractivity (Wildman–Crippen MR) is 104 cm³/mol. The Hall–Kier alpha value is -1.79. The predicted octanol–water partition coefficient (Wildman–Crippen LogP) is 2.61. The smallest absolute Gasteiger partial charge is 0.241 e. The van der Waals surface area contributed by atoms with Crippen LogP contribution in [0.2, 0.25) is 0 Å². The van der Waals surface area contributed by atoms with Crippen molar-refractivity contribution >= 4 is 18.5 Å². The van der Waals surface area contributed by atoms with Gasteiger partial charge in [0.15, 0.2) is 0 Å². The van der Waals surface area contributed by atoms with Gasteiger partial charge in [-0.1, -0.05) is 44.2 Å². The van der Waals surface area contributed by atoms with Gasteiger partial charge in [-0.2, -0.15) is 12.6 Å². The summed E-state index contributed by atoms with van der Waals surface area (Å²) in [6.07, 6.45) is 2.11. The fourth-order valence-electron chi connectivity index (χ4n) is 3.49. The number of rotatable bonds is 5. The van der Waals surface area contributed by atoms with Crippen molar-refractivity contribution in [2.75, 3.05) is 19.3 Å². The number of hydrogen-bond acceptors (Lipinski definition) is 4. The van der Waals surface area contributed by atoms with Crippen molar-refractivity contribution < 1.29 is 4.79 Å². The second-order valence-corrected chi connectivity index (χ2v) is 7.15. The highest BCUT2D eigenvalue weighted by molar-refractivity contribution is 7.80. The lowest BCUT2D eigenvalue weighted by molar-refractivity contribution is -0.137. The summed E-state index contributed by atoms with van der Waals surface area (Å²) in [6, 6.07) is 9.90. The molecule has 1 N–H and O–H groups in total. The molecular weight excluding hydrogens is 332 g/mol. The van der Waals surface area contributed by atoms with Crippen LogP contribution in [0.1, 0.15) is 25.7 Å². The first-order valence-electron chi connectivity index (χ1n) is 8.78. The van der Waals surface area contributed by atoms with E-state index in [2.05, 4.69) is 54.7 Å². The molecule has 0 saturated heterocycles. The molecule has 0 saturated carbocycles. The number of nitrogens with one attached hydrogen (secondary N) is 1. The van der Waals surface area contributed by atoms with Gasteiger partial charge in [-0.05, 0) is 13.0 Å². The number of imidazole rings is 1. The molecule has 1 aromatic heterocycles. The Morgan fingerprint density at radius 3 is 2.64 bits per heavy atom. The van der Waals surface area contributed by atoms with Crippen LogP contribution in [-0.2, 0) is 11.3 Å². The van der Waals surface area contributed by atoms with Gasteiger partial charge < -0.3 is 14.8 Å². The van der Waals surface area contributed by atoms with Crippen molar-refractivity contribution in [1.29, 1.82) is 0 Å². The number of fused-ring (bicyclic) bond motifs is 1. The minimum atomic E-state index is -0.264. The summed E-state index contributed by atoms with van der Waals surface area (Å²) in [6.45, 7) is 5.76. The maximum absolute atomic E-state index is 12.9. The second-order valence-electron chi connectivity index (χ2n) is 6.79. The van der Waals surface area contributed by atoms with Crippen LogP contribution >= 0.6 is 12.6 Å². The Bertz CT molecular complexity index is 724. The number of carbonyl (C=O) groups excluding carboxylic acids is 1. The average Bonchev–Trinajstić information content (AvgIpc) is 3.06. The molecule has 0 bridgehead atoms. The minimum absolute atomic E-state index is 0.0190. The molecule has 3 rings (SSSR count). The molecule has 2 atom stereocenters. The Kier molecular flexibility index (Phi) is 5.49. The molecule has 1 amide bonds. The van der Waals surface area contributed by atoms with Crippen LogP contribution in [0, 0.1) is 5.92 Å². The third-order valence-electron chi connectivity index (χ3n) is 4.80. The number of amides is 1. The summed E-state index contributed by atoms with van der Waals surface area (Å²) in [5.41, 5.74) is 2.07. The zero-order chi connectivity index (χ0) is 18.0. The third-order valence-corrected chi connectivity index (χ3v) is 5.17. The fourth-order valence-corrected chi connectivity index (χ4v) is 3.82. The molecule has 0 unspecified atom stereocenters. The van der Waals surface area contributed by atoms with E-state index >= 15 is 0 Å². The first kappa shape index (κ1) is 18.0. The van der Waals surface area contributed by atoms with Crippen LogP contribution in [-0.4, -0.2) is 45.7 Å². The molecule has 0 aliphatic carbocycles. The average molecular weight is 359 g/mol. The summed E-state index contributed by atoms with van der Waals surface area (Å²) in [7, 11) is 1.81. The van der Waals surface area contributed by atoms with Crippen molar-refractivity contribution in [1.82, 2.24) is 19.8 Å². The number of benzene rings is 1. The quantitative estimate of drug-likeness (QED) is 0.808. The first-order chi connectivity index (χ1) is 12.1. The molecule has 1 aliphatic heterocycles. The molecule has 5 nitrogen and oxygen atoms in total. The first-order valence-corrected chi connectivity index (χ1v) is 9.41. The maximum Gasteiger partial charge on any atom is 0.241 e. The summed E-state index contributed by atoms with van der Waals surface area (Å²) in [4.78, 5) is 19.8. The normalized spacial score (nSPS) is 18.3. The van der Waals surface area contributed by atoms with E-state index in [4.69, 9.17) is 4.98 Å². The number of carbonyl (C=O) groups is 1. The largest absolute Gasteiger partial charge is 0.331 e. The maximum atomic E-state index is 12.9. The van der Waals surface area contributed by atoms with Crippen LogP contribution in [0.3, 0.4) is 0 Å². The van der Waals surface area contributed by atoms with E-state index in [1.165, 1.54) is 0 Å². The van der Waals surface area contributed by atoms with Gasteiger partial charge in [0.25, 0.3) is 0 Å². The van der Waals surface area contributed by atoms with Gasteiger partial charge in [0, 0.05) is 30.6 Å². The van der Waals surface area contributed by atoms with E-state index in [0.717, 1.165) is 23.6 Å². The van der Waals surface area contributed by atoms with Crippen molar-refractivity contribution in [3.8, 4) is 11.3 Å². The van der Waals surface area contributed by atoms with E-state index in [9.17, 15) is 4.79 Å². The lowest BCUT2D eigenvalue weighted by atomic mass is 9.99. The molecule has 2 aromatic rings. The van der Waals surface area contributed by atoms with Crippen LogP contribution in [0.4, 0.5) is 0 Å². The molecule has 6 heteroatoms. The Balaban J connectivity index is 1.96. The molecule has 1 aliphatic rings. The van der Waals surface area contributed by atoms with Gasteiger partial charge in [0.05, 0.1) is 17.8 Å². The lowest BCUT2D eigenvalue weighted by Crippen LogP contribution is -2.52. The standard InChI is InChI=1S/C19H26N4OS/c1-13(2)17-18-21-15(14-7-5-4-6-8-14)11-22(18)9-10-23(17)19(24)16(12-25)20-3/h4-8,11,13,16-17,20,25H,9-10,12H2,1-3H3/t16-,17+/m0/s1. The van der Waals surface area contributed by atoms with Crippen molar-refractivity contribution in [2.45, 2.75) is 32.5 Å². The molecule has 0 fully saturated rings. The van der Waals surface area contributed by atoms with Gasteiger partial charge in [0.1, 0.15) is 5.82 Å². The van der Waals surface area contributed by atoms with Crippen molar-refractivity contribution in [3.05, 3.63) is 42.4 Å². The Labute approximate surface area is 154 Å². The van der Waals surface area contributed by atoms with Gasteiger partial charge >= 0.3 is 0 Å². The summed E-state index contributed by atoms with van der Waals surface area (Å²) in [5.74, 6) is 1.85. The molecule has 0 spiro atoms. The molecule has 25 heavy (non-hydrogen) atoms. The fraction of sp³-hybridized carbons (Fsp3) is 0.474. The van der Waals surface area contributed by atoms with Crippen molar-refractivity contribution in [2.24, 2.45) is 5.92 Å². The Morgan fingerprint density at radius 2 is 2.04 bits per heavy atom. The third kappa shape index (κ3) is 3.46. The lowest BCUT2D eigenvalue weighted by Gasteiger charge is -2.39. The summed E-state index contributed by atoms with van der Waals surface area (Å²) < 4.78 is 2.20. The van der Waals surface area contributed by atoms with Crippen LogP contribution in [0.5, 0.6) is 0 Å². The highest BCUT2D eigenvalue weighted by Gasteiger charge is 2.37. The van der Waals surface area contributed by atoms with E-state index in [1.807, 2.05) is 30.1 Å².